The maximum atomic E-state index is 11.6. The summed E-state index contributed by atoms with van der Waals surface area (Å²) in [6.07, 6.45) is -0.684. The average molecular weight is 684 g/mol. The van der Waals surface area contributed by atoms with E-state index >= 15 is 0 Å². The monoisotopic (exact) mass is 680 g/mol. The summed E-state index contributed by atoms with van der Waals surface area (Å²) in [5.74, 6) is -0.631. The van der Waals surface area contributed by atoms with Crippen LogP contribution in [0.25, 0.3) is 0 Å². The van der Waals surface area contributed by atoms with E-state index in [1.807, 2.05) is 6.92 Å². The number of carbonyl (C=O) groups is 2. The number of esters is 1. The maximum absolute atomic E-state index is 11.6. The van der Waals surface area contributed by atoms with Gasteiger partial charge in [0.1, 0.15) is 11.5 Å². The summed E-state index contributed by atoms with van der Waals surface area (Å²) in [6.45, 7) is 5.63. The van der Waals surface area contributed by atoms with Gasteiger partial charge >= 0.3 is 11.9 Å². The van der Waals surface area contributed by atoms with E-state index in [-0.39, 0.29) is 0 Å². The molecule has 0 fully saturated rings. The molecule has 0 saturated carbocycles. The van der Waals surface area contributed by atoms with Gasteiger partial charge in [-0.2, -0.15) is 0 Å². The van der Waals surface area contributed by atoms with E-state index in [1.54, 1.807) is 26.0 Å². The number of hydrogen-bond donors (Lipinski definition) is 1. The van der Waals surface area contributed by atoms with Crippen LogP contribution >= 0.6 is 78.3 Å². The first-order valence-electron chi connectivity index (χ1n) is 9.96. The Kier molecular flexibility index (Phi) is 14.0. The number of ether oxygens (including phenoxy) is 3. The Hall–Kier alpha value is -0.900. The first kappa shape index (κ1) is 31.1. The van der Waals surface area contributed by atoms with Crippen LogP contribution in [0.3, 0.4) is 0 Å². The van der Waals surface area contributed by atoms with Gasteiger partial charge in [0.15, 0.2) is 12.2 Å². The molecule has 34 heavy (non-hydrogen) atoms. The summed E-state index contributed by atoms with van der Waals surface area (Å²) in [6, 6.07) is 6.23. The van der Waals surface area contributed by atoms with Crippen LogP contribution in [-0.2, 0) is 14.3 Å². The topological polar surface area (TPSA) is 82.1 Å². The van der Waals surface area contributed by atoms with Crippen LogP contribution in [0.1, 0.15) is 33.6 Å². The van der Waals surface area contributed by atoms with Gasteiger partial charge in [-0.25, -0.2) is 9.59 Å². The van der Waals surface area contributed by atoms with Crippen molar-refractivity contribution in [3.63, 3.8) is 0 Å². The van der Waals surface area contributed by atoms with Crippen LogP contribution in [0.4, 0.5) is 0 Å². The minimum Gasteiger partial charge on any atom is -0.479 e. The zero-order valence-corrected chi connectivity index (χ0v) is 24.5. The maximum Gasteiger partial charge on any atom is 0.347 e. The van der Waals surface area contributed by atoms with Crippen molar-refractivity contribution in [3.05, 3.63) is 53.3 Å². The van der Waals surface area contributed by atoms with E-state index in [2.05, 4.69) is 31.9 Å². The molecule has 0 aliphatic carbocycles. The Morgan fingerprint density at radius 3 is 1.44 bits per heavy atom. The molecule has 2 atom stereocenters. The minimum atomic E-state index is -1.02. The van der Waals surface area contributed by atoms with Gasteiger partial charge in [0.05, 0.1) is 35.6 Å². The van der Waals surface area contributed by atoms with Gasteiger partial charge in [0.2, 0.25) is 0 Å². The van der Waals surface area contributed by atoms with Gasteiger partial charge in [0.25, 0.3) is 0 Å². The highest BCUT2D eigenvalue weighted by atomic mass is 79.9. The van der Waals surface area contributed by atoms with E-state index < -0.39 is 24.1 Å². The molecule has 0 amide bonds. The number of carboxylic acid groups (broad SMARTS) is 1. The van der Waals surface area contributed by atoms with Crippen molar-refractivity contribution >= 4 is 90.2 Å². The molecule has 0 aromatic heterocycles. The quantitative estimate of drug-likeness (QED) is 0.211. The van der Waals surface area contributed by atoms with Crippen molar-refractivity contribution in [1.29, 1.82) is 0 Å². The van der Waals surface area contributed by atoms with E-state index in [9.17, 15) is 9.59 Å². The number of benzene rings is 2. The molecule has 0 aliphatic heterocycles. The molecule has 0 aliphatic rings. The van der Waals surface area contributed by atoms with Crippen LogP contribution in [0.2, 0.25) is 20.1 Å². The number of aliphatic carboxylic acids is 1. The van der Waals surface area contributed by atoms with E-state index in [0.29, 0.717) is 60.0 Å². The molecule has 0 bridgehead atoms. The largest absolute Gasteiger partial charge is 0.479 e. The number of hydrogen-bond acceptors (Lipinski definition) is 5. The number of carbonyl (C=O) groups excluding carboxylic acids is 1. The van der Waals surface area contributed by atoms with Crippen LogP contribution in [0.15, 0.2) is 33.2 Å². The molecule has 12 heteroatoms. The second-order valence-corrected chi connectivity index (χ2v) is 9.74. The summed E-state index contributed by atoms with van der Waals surface area (Å²) in [5.41, 5.74) is 0. The fraction of sp³-hybridized carbons (Fsp3) is 0.364. The minimum absolute atomic E-state index is 0.320. The Bertz CT molecular complexity index is 959. The highest BCUT2D eigenvalue weighted by Crippen LogP contribution is 2.36. The van der Waals surface area contributed by atoms with Crippen molar-refractivity contribution < 1.29 is 28.9 Å². The lowest BCUT2D eigenvalue weighted by molar-refractivity contribution is -0.151. The second-order valence-electron chi connectivity index (χ2n) is 6.52. The fourth-order valence-corrected chi connectivity index (χ4v) is 3.76. The summed E-state index contributed by atoms with van der Waals surface area (Å²) >= 11 is 30.1. The Morgan fingerprint density at radius 1 is 0.794 bits per heavy atom. The van der Waals surface area contributed by atoms with Gasteiger partial charge in [-0.05, 0) is 51.6 Å². The number of rotatable bonds is 9. The highest BCUT2D eigenvalue weighted by Gasteiger charge is 2.20. The molecular formula is C22H22Br2Cl4O6. The summed E-state index contributed by atoms with van der Waals surface area (Å²) in [4.78, 5) is 22.4. The lowest BCUT2D eigenvalue weighted by Gasteiger charge is -2.16. The van der Waals surface area contributed by atoms with Crippen molar-refractivity contribution in [2.75, 3.05) is 6.61 Å². The molecule has 0 radical (unpaired) electrons. The summed E-state index contributed by atoms with van der Waals surface area (Å²) in [5, 5.41) is 10.4. The predicted octanol–water partition coefficient (Wildman–Crippen LogP) is 8.47. The molecule has 2 aromatic carbocycles. The average Bonchev–Trinajstić information content (AvgIpc) is 2.77. The van der Waals surface area contributed by atoms with Gasteiger partial charge < -0.3 is 19.3 Å². The lowest BCUT2D eigenvalue weighted by atomic mass is 10.2. The van der Waals surface area contributed by atoms with E-state index in [0.717, 1.165) is 0 Å². The first-order valence-corrected chi connectivity index (χ1v) is 13.1. The molecule has 0 spiro atoms. The molecule has 188 valence electrons. The molecule has 6 nitrogen and oxygen atoms in total. The highest BCUT2D eigenvalue weighted by molar-refractivity contribution is 9.11. The summed E-state index contributed by atoms with van der Waals surface area (Å²) in [7, 11) is 0. The first-order chi connectivity index (χ1) is 15.9. The molecule has 2 aromatic rings. The van der Waals surface area contributed by atoms with Crippen LogP contribution in [-0.4, -0.2) is 35.9 Å². The molecule has 1 N–H and O–H groups in total. The van der Waals surface area contributed by atoms with Crippen molar-refractivity contribution in [2.45, 2.75) is 45.8 Å². The molecule has 0 heterocycles. The van der Waals surface area contributed by atoms with E-state index in [1.165, 1.54) is 12.1 Å². The normalized spacial score (nSPS) is 12.1. The van der Waals surface area contributed by atoms with Crippen LogP contribution in [0.5, 0.6) is 11.5 Å². The van der Waals surface area contributed by atoms with Gasteiger partial charge in [-0.1, -0.05) is 60.3 Å². The molecule has 2 unspecified atom stereocenters. The molecular weight excluding hydrogens is 662 g/mol. The standard InChI is InChI=1S/C12H13BrCl2O3.C10H9BrCl2O3/c1-3-10(12(16)17-4-2)18-7-5-8(14)11(13)9(15)6-7;1-2-8(10(14)15)16-5-3-6(12)9(11)7(13)4-5/h5-6,10H,3-4H2,1-2H3;3-4,8H,2H2,1H3,(H,14,15). The molecule has 0 saturated heterocycles. The zero-order valence-electron chi connectivity index (χ0n) is 18.3. The van der Waals surface area contributed by atoms with Gasteiger partial charge in [0, 0.05) is 24.3 Å². The van der Waals surface area contributed by atoms with Crippen molar-refractivity contribution in [3.8, 4) is 11.5 Å². The van der Waals surface area contributed by atoms with E-state index in [4.69, 9.17) is 65.7 Å². The summed E-state index contributed by atoms with van der Waals surface area (Å²) < 4.78 is 16.9. The third kappa shape index (κ3) is 9.63. The van der Waals surface area contributed by atoms with Crippen LogP contribution < -0.4 is 9.47 Å². The number of halogens is 6. The lowest BCUT2D eigenvalue weighted by Crippen LogP contribution is -2.28. The zero-order chi connectivity index (χ0) is 26.0. The van der Waals surface area contributed by atoms with Crippen molar-refractivity contribution in [2.24, 2.45) is 0 Å². The third-order valence-corrected chi connectivity index (χ3v) is 7.85. The van der Waals surface area contributed by atoms with Crippen molar-refractivity contribution in [1.82, 2.24) is 0 Å². The predicted molar refractivity (Wildman–Crippen MR) is 142 cm³/mol. The smallest absolute Gasteiger partial charge is 0.347 e. The Balaban J connectivity index is 0.000000342. The fourth-order valence-electron chi connectivity index (χ4n) is 2.37. The second kappa shape index (κ2) is 15.3. The third-order valence-electron chi connectivity index (χ3n) is 4.04. The van der Waals surface area contributed by atoms with Gasteiger partial charge in [-0.3, -0.25) is 0 Å². The number of carboxylic acids is 1. The van der Waals surface area contributed by atoms with Crippen LogP contribution in [0, 0.1) is 0 Å². The Labute approximate surface area is 235 Å². The SMILES string of the molecule is CCC(Oc1cc(Cl)c(Br)c(Cl)c1)C(=O)O.CCOC(=O)C(CC)Oc1cc(Cl)c(Br)c(Cl)c1. The van der Waals surface area contributed by atoms with Gasteiger partial charge in [-0.15, -0.1) is 0 Å². The Morgan fingerprint density at radius 2 is 1.15 bits per heavy atom. The molecule has 2 rings (SSSR count).